The van der Waals surface area contributed by atoms with Crippen molar-refractivity contribution in [3.8, 4) is 5.75 Å². The third-order valence-electron chi connectivity index (χ3n) is 8.95. The lowest BCUT2D eigenvalue weighted by Crippen LogP contribution is -2.49. The number of aliphatic hydroxyl groups excluding tert-OH is 1. The van der Waals surface area contributed by atoms with Crippen molar-refractivity contribution in [1.29, 1.82) is 0 Å². The predicted molar refractivity (Wildman–Crippen MR) is 158 cm³/mol. The van der Waals surface area contributed by atoms with Gasteiger partial charge in [-0.1, -0.05) is 23.8 Å². The topological polar surface area (TPSA) is 134 Å². The first kappa shape index (κ1) is 31.9. The van der Waals surface area contributed by atoms with Crippen molar-refractivity contribution in [3.63, 3.8) is 0 Å². The molecule has 2 fully saturated rings. The molecule has 1 saturated carbocycles. The molecule has 1 aromatic rings. The van der Waals surface area contributed by atoms with Gasteiger partial charge >= 0.3 is 0 Å². The molecule has 0 unspecified atom stereocenters. The van der Waals surface area contributed by atoms with Gasteiger partial charge in [-0.25, -0.2) is 0 Å². The van der Waals surface area contributed by atoms with Crippen molar-refractivity contribution >= 4 is 23.4 Å². The minimum absolute atomic E-state index is 0.0833. The van der Waals surface area contributed by atoms with Gasteiger partial charge in [-0.3, -0.25) is 19.2 Å². The molecular weight excluding hydrogens is 536 g/mol. The number of carbonyl (C=O) groups is 4. The number of Topliss-reactive ketones (excluding diaryl/α,β-unsaturated/α-hetero) is 2. The number of hydrogen-bond donors (Lipinski definition) is 3. The molecule has 2 aliphatic carbocycles. The fourth-order valence-electron chi connectivity index (χ4n) is 5.94. The number of nitrogens with one attached hydrogen (secondary N) is 2. The van der Waals surface area contributed by atoms with Crippen LogP contribution in [0.2, 0.25) is 0 Å². The zero-order valence-corrected chi connectivity index (χ0v) is 25.2. The predicted octanol–water partition coefficient (Wildman–Crippen LogP) is 3.60. The summed E-state index contributed by atoms with van der Waals surface area (Å²) < 4.78 is 10.7. The summed E-state index contributed by atoms with van der Waals surface area (Å²) >= 11 is 0. The average molecular weight is 583 g/mol. The molecule has 1 aromatic carbocycles. The van der Waals surface area contributed by atoms with Crippen LogP contribution in [0.15, 0.2) is 35.9 Å². The maximum atomic E-state index is 13.8. The van der Waals surface area contributed by atoms with Gasteiger partial charge in [-0.15, -0.1) is 0 Å². The molecular formula is C33H46N2O7. The van der Waals surface area contributed by atoms with Gasteiger partial charge in [0.05, 0.1) is 31.9 Å². The van der Waals surface area contributed by atoms with E-state index in [2.05, 4.69) is 16.7 Å². The number of hydrogen-bond acceptors (Lipinski definition) is 7. The summed E-state index contributed by atoms with van der Waals surface area (Å²) in [6.45, 7) is 3.73. The van der Waals surface area contributed by atoms with Crippen LogP contribution in [0.25, 0.3) is 0 Å². The molecule has 0 aromatic heterocycles. The first-order valence-electron chi connectivity index (χ1n) is 15.4. The summed E-state index contributed by atoms with van der Waals surface area (Å²) in [5.41, 5.74) is 1.14. The smallest absolute Gasteiger partial charge is 0.224 e. The Bertz CT molecular complexity index is 1150. The Morgan fingerprint density at radius 1 is 1.05 bits per heavy atom. The molecule has 4 atom stereocenters. The van der Waals surface area contributed by atoms with Crippen LogP contribution < -0.4 is 15.4 Å². The first-order valence-corrected chi connectivity index (χ1v) is 15.4. The number of aliphatic hydroxyl groups is 1. The van der Waals surface area contributed by atoms with Crippen molar-refractivity contribution in [2.75, 3.05) is 13.7 Å². The monoisotopic (exact) mass is 582 g/mol. The summed E-state index contributed by atoms with van der Waals surface area (Å²) in [6, 6.07) is 5.84. The molecule has 1 aliphatic heterocycles. The van der Waals surface area contributed by atoms with Gasteiger partial charge in [0, 0.05) is 18.3 Å². The Labute approximate surface area is 248 Å². The van der Waals surface area contributed by atoms with Gasteiger partial charge < -0.3 is 25.2 Å². The average Bonchev–Trinajstić information content (AvgIpc) is 3.75. The number of allylic oxidation sites excluding steroid dienone is 1. The van der Waals surface area contributed by atoms with Crippen molar-refractivity contribution in [2.24, 2.45) is 11.8 Å². The number of ketones is 2. The summed E-state index contributed by atoms with van der Waals surface area (Å²) in [7, 11) is 1.58. The largest absolute Gasteiger partial charge is 0.497 e. The number of rotatable bonds is 14. The molecule has 3 aliphatic rings. The number of epoxide rings is 1. The van der Waals surface area contributed by atoms with E-state index in [4.69, 9.17) is 9.47 Å². The van der Waals surface area contributed by atoms with E-state index in [0.717, 1.165) is 31.2 Å². The molecule has 1 saturated heterocycles. The van der Waals surface area contributed by atoms with Gasteiger partial charge in [0.15, 0.2) is 11.6 Å². The van der Waals surface area contributed by atoms with Gasteiger partial charge in [-0.2, -0.15) is 0 Å². The van der Waals surface area contributed by atoms with Crippen LogP contribution in [-0.2, 0) is 30.3 Å². The summed E-state index contributed by atoms with van der Waals surface area (Å²) in [5.74, 6) is -1.22. The van der Waals surface area contributed by atoms with Crippen LogP contribution in [0, 0.1) is 11.8 Å². The van der Waals surface area contributed by atoms with E-state index >= 15 is 0 Å². The number of amides is 2. The normalized spacial score (nSPS) is 25.8. The highest BCUT2D eigenvalue weighted by Gasteiger charge is 2.50. The Hall–Kier alpha value is -3.04. The zero-order chi connectivity index (χ0) is 30.3. The summed E-state index contributed by atoms with van der Waals surface area (Å²) in [6.07, 6.45) is 8.83. The Balaban J connectivity index is 1.47. The van der Waals surface area contributed by atoms with Gasteiger partial charge in [0.2, 0.25) is 11.8 Å². The Morgan fingerprint density at radius 3 is 2.33 bits per heavy atom. The second kappa shape index (κ2) is 14.4. The van der Waals surface area contributed by atoms with Crippen LogP contribution in [0.3, 0.4) is 0 Å². The molecule has 42 heavy (non-hydrogen) atoms. The number of methoxy groups -OCH3 is 1. The second-order valence-electron chi connectivity index (χ2n) is 12.4. The van der Waals surface area contributed by atoms with Crippen LogP contribution in [0.4, 0.5) is 0 Å². The molecule has 2 amide bonds. The van der Waals surface area contributed by atoms with Crippen LogP contribution >= 0.6 is 0 Å². The van der Waals surface area contributed by atoms with Crippen LogP contribution in [0.1, 0.15) is 83.6 Å². The van der Waals surface area contributed by atoms with Gasteiger partial charge in [0.25, 0.3) is 0 Å². The maximum absolute atomic E-state index is 13.8. The van der Waals surface area contributed by atoms with E-state index < -0.39 is 23.6 Å². The van der Waals surface area contributed by atoms with Crippen LogP contribution in [-0.4, -0.2) is 66.0 Å². The van der Waals surface area contributed by atoms with E-state index in [1.54, 1.807) is 21.0 Å². The molecule has 0 spiro atoms. The molecule has 9 nitrogen and oxygen atoms in total. The minimum atomic E-state index is -0.886. The molecule has 4 rings (SSSR count). The minimum Gasteiger partial charge on any atom is -0.497 e. The molecule has 9 heteroatoms. The first-order chi connectivity index (χ1) is 20.1. The van der Waals surface area contributed by atoms with E-state index in [1.807, 2.05) is 24.3 Å². The highest BCUT2D eigenvalue weighted by molar-refractivity contribution is 5.98. The third kappa shape index (κ3) is 8.74. The van der Waals surface area contributed by atoms with E-state index in [-0.39, 0.29) is 41.8 Å². The Morgan fingerprint density at radius 2 is 1.74 bits per heavy atom. The van der Waals surface area contributed by atoms with E-state index in [0.29, 0.717) is 50.9 Å². The molecule has 0 bridgehead atoms. The molecule has 230 valence electrons. The van der Waals surface area contributed by atoms with Crippen LogP contribution in [0.5, 0.6) is 5.75 Å². The lowest BCUT2D eigenvalue weighted by Gasteiger charge is -2.27. The van der Waals surface area contributed by atoms with Crippen molar-refractivity contribution in [1.82, 2.24) is 10.6 Å². The van der Waals surface area contributed by atoms with Gasteiger partial charge in [0.1, 0.15) is 11.4 Å². The van der Waals surface area contributed by atoms with Crippen molar-refractivity contribution in [2.45, 2.75) is 108 Å². The van der Waals surface area contributed by atoms with E-state index in [9.17, 15) is 24.3 Å². The number of benzene rings is 1. The quantitative estimate of drug-likeness (QED) is 0.225. The zero-order valence-electron chi connectivity index (χ0n) is 25.2. The second-order valence-corrected chi connectivity index (χ2v) is 12.4. The summed E-state index contributed by atoms with van der Waals surface area (Å²) in [4.78, 5) is 53.4. The molecule has 3 N–H and O–H groups in total. The number of ether oxygens (including phenoxy) is 2. The van der Waals surface area contributed by atoms with Crippen molar-refractivity contribution in [3.05, 3.63) is 41.5 Å². The number of carbonyl (C=O) groups excluding carboxylic acids is 4. The summed E-state index contributed by atoms with van der Waals surface area (Å²) in [5, 5.41) is 15.6. The lowest BCUT2D eigenvalue weighted by molar-refractivity contribution is -0.135. The fraction of sp³-hybridized carbons (Fsp3) is 0.636. The third-order valence-corrected chi connectivity index (χ3v) is 8.95. The standard InChI is InChI=1S/C33H46N2O7/c1-21(34-31(39)24-11-13-26(36)14-12-24)29(37)19-25(17-23-9-15-27(41-3)16-10-23)32(40)35-28(30(38)33(2)20-42-33)18-22-7-5-4-6-8-22/h7,9-10,15-16,21,24-26,28,36H,4-6,8,11-14,17-20H2,1-3H3,(H,34,39)(H,35,40)/t21-,24?,25-,26?,28+,33-/m1/s1. The van der Waals surface area contributed by atoms with E-state index in [1.165, 1.54) is 5.57 Å². The highest BCUT2D eigenvalue weighted by atomic mass is 16.6. The lowest BCUT2D eigenvalue weighted by atomic mass is 9.86. The fourth-order valence-corrected chi connectivity index (χ4v) is 5.94. The Kier molecular flexibility index (Phi) is 11.0. The SMILES string of the molecule is COc1ccc(C[C@H](CC(=O)[C@@H](C)NC(=O)C2CCC(O)CC2)C(=O)N[C@@H](CC2=CCCCC2)C(=O)[C@@]2(C)CO2)cc1. The maximum Gasteiger partial charge on any atom is 0.224 e. The molecule has 0 radical (unpaired) electrons. The highest BCUT2D eigenvalue weighted by Crippen LogP contribution is 2.31. The van der Waals surface area contributed by atoms with Gasteiger partial charge in [-0.05, 0) is 95.8 Å². The van der Waals surface area contributed by atoms with Crippen molar-refractivity contribution < 1.29 is 33.8 Å². The molecule has 1 heterocycles.